The fourth-order valence-corrected chi connectivity index (χ4v) is 2.39. The molecule has 0 radical (unpaired) electrons. The van der Waals surface area contributed by atoms with Crippen LogP contribution in [0.4, 0.5) is 0 Å². The Morgan fingerprint density at radius 1 is 1.25 bits per heavy atom. The summed E-state index contributed by atoms with van der Waals surface area (Å²) in [6.07, 6.45) is 4.95. The second-order valence-electron chi connectivity index (χ2n) is 5.73. The van der Waals surface area contributed by atoms with E-state index in [1.165, 1.54) is 0 Å². The maximum Gasteiger partial charge on any atom is 0.363 e. The molecule has 2 aromatic rings. The average Bonchev–Trinajstić information content (AvgIpc) is 2.96. The van der Waals surface area contributed by atoms with E-state index in [9.17, 15) is 4.79 Å². The van der Waals surface area contributed by atoms with Crippen molar-refractivity contribution < 1.29 is 14.3 Å². The second-order valence-corrected chi connectivity index (χ2v) is 5.73. The third-order valence-corrected chi connectivity index (χ3v) is 3.74. The zero-order valence-electron chi connectivity index (χ0n) is 13.8. The van der Waals surface area contributed by atoms with Gasteiger partial charge in [0.25, 0.3) is 0 Å². The summed E-state index contributed by atoms with van der Waals surface area (Å²) in [7, 11) is 1.60. The molecule has 1 aliphatic heterocycles. The van der Waals surface area contributed by atoms with Gasteiger partial charge < -0.3 is 9.47 Å². The highest BCUT2D eigenvalue weighted by Crippen LogP contribution is 2.28. The Morgan fingerprint density at radius 3 is 2.75 bits per heavy atom. The SMILES string of the molecule is COc1ccc(C(C)C)cc1/C=C1\N=C(c2cccnc2)OC1=O. The number of ether oxygens (including phenoxy) is 2. The summed E-state index contributed by atoms with van der Waals surface area (Å²) in [6.45, 7) is 4.22. The van der Waals surface area contributed by atoms with E-state index in [4.69, 9.17) is 9.47 Å². The molecule has 0 unspecified atom stereocenters. The lowest BCUT2D eigenvalue weighted by Crippen LogP contribution is -2.05. The monoisotopic (exact) mass is 322 g/mol. The number of cyclic esters (lactones) is 1. The molecule has 0 atom stereocenters. The molecule has 0 saturated carbocycles. The standard InChI is InChI=1S/C19H18N2O3/c1-12(2)13-6-7-17(23-3)15(9-13)10-16-19(22)24-18(21-16)14-5-4-8-20-11-14/h4-12H,1-3H3/b16-10-. The molecule has 0 saturated heterocycles. The topological polar surface area (TPSA) is 60.8 Å². The number of esters is 1. The van der Waals surface area contributed by atoms with Gasteiger partial charge in [-0.15, -0.1) is 0 Å². The van der Waals surface area contributed by atoms with E-state index in [0.29, 0.717) is 17.2 Å². The highest BCUT2D eigenvalue weighted by atomic mass is 16.6. The van der Waals surface area contributed by atoms with Crippen molar-refractivity contribution in [3.05, 3.63) is 65.1 Å². The number of methoxy groups -OCH3 is 1. The first kappa shape index (κ1) is 15.9. The van der Waals surface area contributed by atoms with Crippen molar-refractivity contribution in [2.75, 3.05) is 7.11 Å². The molecule has 1 aromatic carbocycles. The first-order valence-corrected chi connectivity index (χ1v) is 7.69. The minimum Gasteiger partial charge on any atom is -0.496 e. The van der Waals surface area contributed by atoms with Gasteiger partial charge in [-0.05, 0) is 41.8 Å². The van der Waals surface area contributed by atoms with E-state index in [1.807, 2.05) is 18.2 Å². The van der Waals surface area contributed by atoms with Gasteiger partial charge in [-0.1, -0.05) is 19.9 Å². The Morgan fingerprint density at radius 2 is 2.08 bits per heavy atom. The van der Waals surface area contributed by atoms with Crippen LogP contribution in [0.1, 0.15) is 36.5 Å². The molecular formula is C19H18N2O3. The Labute approximate surface area is 140 Å². The number of carbonyl (C=O) groups excluding carboxylic acids is 1. The summed E-state index contributed by atoms with van der Waals surface area (Å²) in [5.74, 6) is 0.840. The summed E-state index contributed by atoms with van der Waals surface area (Å²) in [6, 6.07) is 9.47. The summed E-state index contributed by atoms with van der Waals surface area (Å²) in [5, 5.41) is 0. The lowest BCUT2D eigenvalue weighted by atomic mass is 10.00. The number of rotatable bonds is 4. The smallest absolute Gasteiger partial charge is 0.363 e. The molecule has 1 aliphatic rings. The minimum absolute atomic E-state index is 0.244. The van der Waals surface area contributed by atoms with E-state index in [2.05, 4.69) is 23.8 Å². The van der Waals surface area contributed by atoms with Crippen LogP contribution in [0, 0.1) is 0 Å². The van der Waals surface area contributed by atoms with Crippen LogP contribution in [0.5, 0.6) is 5.75 Å². The Bertz CT molecular complexity index is 824. The van der Waals surface area contributed by atoms with Crippen LogP contribution in [0.25, 0.3) is 6.08 Å². The number of aromatic nitrogens is 1. The number of carbonyl (C=O) groups is 1. The average molecular weight is 322 g/mol. The fraction of sp³-hybridized carbons (Fsp3) is 0.211. The van der Waals surface area contributed by atoms with Gasteiger partial charge in [0.15, 0.2) is 5.70 Å². The van der Waals surface area contributed by atoms with E-state index >= 15 is 0 Å². The number of hydrogen-bond acceptors (Lipinski definition) is 5. The van der Waals surface area contributed by atoms with Gasteiger partial charge in [0.1, 0.15) is 5.75 Å². The molecule has 3 rings (SSSR count). The van der Waals surface area contributed by atoms with E-state index in [1.54, 1.807) is 37.7 Å². The van der Waals surface area contributed by atoms with Crippen molar-refractivity contribution in [1.29, 1.82) is 0 Å². The summed E-state index contributed by atoms with van der Waals surface area (Å²) in [4.78, 5) is 20.4. The first-order chi connectivity index (χ1) is 11.6. The number of aliphatic imine (C=N–C) groups is 1. The molecule has 5 nitrogen and oxygen atoms in total. The lowest BCUT2D eigenvalue weighted by molar-refractivity contribution is -0.129. The van der Waals surface area contributed by atoms with Gasteiger partial charge in [0, 0.05) is 18.0 Å². The normalized spacial score (nSPS) is 15.6. The number of nitrogens with zero attached hydrogens (tertiary/aromatic N) is 2. The molecule has 0 bridgehead atoms. The third-order valence-electron chi connectivity index (χ3n) is 3.74. The molecule has 0 spiro atoms. The van der Waals surface area contributed by atoms with Gasteiger partial charge in [0.2, 0.25) is 5.90 Å². The maximum absolute atomic E-state index is 12.1. The van der Waals surface area contributed by atoms with Crippen LogP contribution in [-0.4, -0.2) is 24.0 Å². The van der Waals surface area contributed by atoms with Gasteiger partial charge in [-0.3, -0.25) is 4.98 Å². The Balaban J connectivity index is 2.00. The molecular weight excluding hydrogens is 304 g/mol. The molecule has 1 aromatic heterocycles. The van der Waals surface area contributed by atoms with Gasteiger partial charge >= 0.3 is 5.97 Å². The third kappa shape index (κ3) is 3.20. The molecule has 0 amide bonds. The van der Waals surface area contributed by atoms with Crippen LogP contribution in [-0.2, 0) is 9.53 Å². The predicted molar refractivity (Wildman–Crippen MR) is 91.9 cm³/mol. The van der Waals surface area contributed by atoms with Crippen molar-refractivity contribution in [2.24, 2.45) is 4.99 Å². The largest absolute Gasteiger partial charge is 0.496 e. The number of pyridine rings is 1. The lowest BCUT2D eigenvalue weighted by Gasteiger charge is -2.10. The molecule has 0 fully saturated rings. The summed E-state index contributed by atoms with van der Waals surface area (Å²) < 4.78 is 10.6. The fourth-order valence-electron chi connectivity index (χ4n) is 2.39. The van der Waals surface area contributed by atoms with Crippen LogP contribution >= 0.6 is 0 Å². The van der Waals surface area contributed by atoms with Crippen molar-refractivity contribution in [3.8, 4) is 5.75 Å². The molecule has 5 heteroatoms. The second kappa shape index (κ2) is 6.66. The summed E-state index contributed by atoms with van der Waals surface area (Å²) >= 11 is 0. The van der Waals surface area contributed by atoms with Crippen molar-refractivity contribution in [2.45, 2.75) is 19.8 Å². The quantitative estimate of drug-likeness (QED) is 0.638. The molecule has 0 aliphatic carbocycles. The predicted octanol–water partition coefficient (Wildman–Crippen LogP) is 3.56. The first-order valence-electron chi connectivity index (χ1n) is 7.69. The van der Waals surface area contributed by atoms with E-state index in [-0.39, 0.29) is 11.6 Å². The molecule has 122 valence electrons. The van der Waals surface area contributed by atoms with Crippen LogP contribution in [0.15, 0.2) is 53.4 Å². The van der Waals surface area contributed by atoms with E-state index in [0.717, 1.165) is 11.1 Å². The zero-order chi connectivity index (χ0) is 17.1. The van der Waals surface area contributed by atoms with Gasteiger partial charge in [0.05, 0.1) is 12.7 Å². The highest BCUT2D eigenvalue weighted by molar-refractivity contribution is 6.12. The van der Waals surface area contributed by atoms with Crippen LogP contribution in [0.2, 0.25) is 0 Å². The maximum atomic E-state index is 12.1. The molecule has 24 heavy (non-hydrogen) atoms. The van der Waals surface area contributed by atoms with Gasteiger partial charge in [-0.2, -0.15) is 0 Å². The Hall–Kier alpha value is -2.95. The van der Waals surface area contributed by atoms with Crippen LogP contribution in [0.3, 0.4) is 0 Å². The molecule has 0 N–H and O–H groups in total. The zero-order valence-corrected chi connectivity index (χ0v) is 13.8. The van der Waals surface area contributed by atoms with Crippen molar-refractivity contribution in [1.82, 2.24) is 4.98 Å². The van der Waals surface area contributed by atoms with Crippen LogP contribution < -0.4 is 4.74 Å². The summed E-state index contributed by atoms with van der Waals surface area (Å²) in [5.41, 5.74) is 2.86. The van der Waals surface area contributed by atoms with Crippen molar-refractivity contribution >= 4 is 17.9 Å². The number of benzene rings is 1. The highest BCUT2D eigenvalue weighted by Gasteiger charge is 2.24. The van der Waals surface area contributed by atoms with Crippen molar-refractivity contribution in [3.63, 3.8) is 0 Å². The number of hydrogen-bond donors (Lipinski definition) is 0. The Kier molecular flexibility index (Phi) is 4.42. The van der Waals surface area contributed by atoms with Gasteiger partial charge in [-0.25, -0.2) is 9.79 Å². The van der Waals surface area contributed by atoms with E-state index < -0.39 is 5.97 Å². The molecule has 2 heterocycles. The minimum atomic E-state index is -0.481.